The predicted octanol–water partition coefficient (Wildman–Crippen LogP) is 7.24. The molecule has 0 aliphatic heterocycles. The molecule has 0 radical (unpaired) electrons. The van der Waals surface area contributed by atoms with Gasteiger partial charge < -0.3 is 13.6 Å². The quantitative estimate of drug-likeness (QED) is 0.176. The number of carbonyl (C=O) groups is 1. The zero-order valence-corrected chi connectivity index (χ0v) is 23.6. The second-order valence-corrected chi connectivity index (χ2v) is 20.8. The van der Waals surface area contributed by atoms with Crippen LogP contribution < -0.4 is 0 Å². The van der Waals surface area contributed by atoms with Gasteiger partial charge in [-0.3, -0.25) is 4.79 Å². The van der Waals surface area contributed by atoms with Gasteiger partial charge in [-0.1, -0.05) is 53.7 Å². The average Bonchev–Trinajstić information content (AvgIpc) is 2.55. The fourth-order valence-electron chi connectivity index (χ4n) is 2.47. The Morgan fingerprint density at radius 3 is 1.80 bits per heavy atom. The van der Waals surface area contributed by atoms with Gasteiger partial charge >= 0.3 is 5.97 Å². The third-order valence-corrected chi connectivity index (χ3v) is 15.6. The second-order valence-electron chi connectivity index (χ2n) is 11.3. The van der Waals surface area contributed by atoms with Crippen LogP contribution in [-0.4, -0.2) is 40.9 Å². The number of carbonyl (C=O) groups excluding carboxylic acids is 1. The first-order valence-corrected chi connectivity index (χ1v) is 17.0. The third-order valence-electron chi connectivity index (χ3n) is 6.62. The summed E-state index contributed by atoms with van der Waals surface area (Å²) in [5.74, 6) is -0.221. The molecule has 0 amide bonds. The second kappa shape index (κ2) is 11.3. The summed E-state index contributed by atoms with van der Waals surface area (Å²) in [7, 11) is -3.89. The van der Waals surface area contributed by atoms with Crippen molar-refractivity contribution in [3.05, 3.63) is 25.3 Å². The van der Waals surface area contributed by atoms with E-state index in [1.165, 1.54) is 0 Å². The lowest BCUT2D eigenvalue weighted by molar-refractivity contribution is -0.152. The van der Waals surface area contributed by atoms with Crippen molar-refractivity contribution in [2.24, 2.45) is 0 Å². The van der Waals surface area contributed by atoms with Gasteiger partial charge in [0.15, 0.2) is 16.6 Å². The number of hydrogen-bond acceptors (Lipinski definition) is 4. The average molecular weight is 457 g/mol. The van der Waals surface area contributed by atoms with Crippen molar-refractivity contribution >= 4 is 22.6 Å². The zero-order valence-electron chi connectivity index (χ0n) is 21.6. The molecule has 0 saturated heterocycles. The van der Waals surface area contributed by atoms with Crippen LogP contribution in [0.15, 0.2) is 25.3 Å². The molecular formula is C24H48O4Si2. The maximum absolute atomic E-state index is 12.5. The van der Waals surface area contributed by atoms with Crippen LogP contribution in [0.25, 0.3) is 0 Å². The van der Waals surface area contributed by atoms with Gasteiger partial charge in [-0.15, -0.1) is 13.2 Å². The molecular weight excluding hydrogens is 408 g/mol. The Kier molecular flexibility index (Phi) is 11.0. The van der Waals surface area contributed by atoms with E-state index in [0.717, 1.165) is 6.42 Å². The summed E-state index contributed by atoms with van der Waals surface area (Å²) < 4.78 is 18.6. The predicted molar refractivity (Wildman–Crippen MR) is 134 cm³/mol. The van der Waals surface area contributed by atoms with Crippen LogP contribution in [0, 0.1) is 0 Å². The molecule has 176 valence electrons. The SMILES string of the molecule is C=CC[C@H](CCC(=O)O[C@H](C)[C@@H](C=C)O[Si](C)(C)C(C)(C)C)O[Si](C)(C)C(C)(C)C. The topological polar surface area (TPSA) is 44.8 Å². The van der Waals surface area contributed by atoms with Gasteiger partial charge in [0.25, 0.3) is 0 Å². The molecule has 3 atom stereocenters. The molecule has 0 bridgehead atoms. The first kappa shape index (κ1) is 29.3. The Balaban J connectivity index is 4.92. The lowest BCUT2D eigenvalue weighted by atomic mass is 10.1. The molecule has 4 nitrogen and oxygen atoms in total. The van der Waals surface area contributed by atoms with Gasteiger partial charge in [0, 0.05) is 12.5 Å². The van der Waals surface area contributed by atoms with Crippen LogP contribution in [0.5, 0.6) is 0 Å². The van der Waals surface area contributed by atoms with Crippen molar-refractivity contribution in [3.8, 4) is 0 Å². The van der Waals surface area contributed by atoms with Crippen molar-refractivity contribution in [1.29, 1.82) is 0 Å². The molecule has 30 heavy (non-hydrogen) atoms. The van der Waals surface area contributed by atoms with Crippen molar-refractivity contribution in [2.75, 3.05) is 0 Å². The molecule has 0 heterocycles. The largest absolute Gasteiger partial charge is 0.460 e. The van der Waals surface area contributed by atoms with Gasteiger partial charge in [-0.25, -0.2) is 0 Å². The summed E-state index contributed by atoms with van der Waals surface area (Å²) in [6.45, 7) is 31.7. The number of hydrogen-bond donors (Lipinski definition) is 0. The number of esters is 1. The fraction of sp³-hybridized carbons (Fsp3) is 0.792. The highest BCUT2D eigenvalue weighted by Crippen LogP contribution is 2.39. The Labute approximate surface area is 188 Å². The Morgan fingerprint density at radius 1 is 0.933 bits per heavy atom. The van der Waals surface area contributed by atoms with Gasteiger partial charge in [0.2, 0.25) is 0 Å². The summed E-state index contributed by atoms with van der Waals surface area (Å²) in [6.07, 6.45) is 4.62. The maximum atomic E-state index is 12.5. The maximum Gasteiger partial charge on any atom is 0.306 e. The van der Waals surface area contributed by atoms with Crippen LogP contribution in [0.3, 0.4) is 0 Å². The van der Waals surface area contributed by atoms with Gasteiger partial charge in [0.1, 0.15) is 12.2 Å². The van der Waals surface area contributed by atoms with Crippen LogP contribution in [0.2, 0.25) is 36.3 Å². The number of rotatable bonds is 12. The van der Waals surface area contributed by atoms with E-state index in [0.29, 0.717) is 12.8 Å². The summed E-state index contributed by atoms with van der Waals surface area (Å²) in [5.41, 5.74) is 0. The molecule has 0 aromatic rings. The van der Waals surface area contributed by atoms with E-state index in [1.807, 2.05) is 13.0 Å². The molecule has 0 saturated carbocycles. The van der Waals surface area contributed by atoms with E-state index < -0.39 is 16.6 Å². The van der Waals surface area contributed by atoms with Gasteiger partial charge in [-0.2, -0.15) is 0 Å². The van der Waals surface area contributed by atoms with Crippen LogP contribution in [0.4, 0.5) is 0 Å². The highest BCUT2D eigenvalue weighted by atomic mass is 28.4. The van der Waals surface area contributed by atoms with Gasteiger partial charge in [0.05, 0.1) is 0 Å². The smallest absolute Gasteiger partial charge is 0.306 e. The molecule has 0 unspecified atom stereocenters. The normalized spacial score (nSPS) is 16.5. The van der Waals surface area contributed by atoms with Crippen molar-refractivity contribution < 1.29 is 18.4 Å². The van der Waals surface area contributed by atoms with E-state index in [4.69, 9.17) is 13.6 Å². The van der Waals surface area contributed by atoms with E-state index in [-0.39, 0.29) is 34.4 Å². The molecule has 0 spiro atoms. The lowest BCUT2D eigenvalue weighted by Gasteiger charge is -2.40. The molecule has 6 heteroatoms. The Morgan fingerprint density at radius 2 is 1.40 bits per heavy atom. The van der Waals surface area contributed by atoms with Gasteiger partial charge in [-0.05, 0) is 56.0 Å². The molecule has 0 fully saturated rings. The first-order chi connectivity index (χ1) is 13.4. The zero-order chi connectivity index (χ0) is 24.0. The lowest BCUT2D eigenvalue weighted by Crippen LogP contribution is -2.46. The summed E-state index contributed by atoms with van der Waals surface area (Å²) >= 11 is 0. The summed E-state index contributed by atoms with van der Waals surface area (Å²) in [4.78, 5) is 12.5. The highest BCUT2D eigenvalue weighted by molar-refractivity contribution is 6.74. The minimum Gasteiger partial charge on any atom is -0.460 e. The van der Waals surface area contributed by atoms with Crippen molar-refractivity contribution in [2.45, 2.75) is 122 Å². The first-order valence-electron chi connectivity index (χ1n) is 11.2. The monoisotopic (exact) mass is 456 g/mol. The molecule has 0 aliphatic rings. The third kappa shape index (κ3) is 9.20. The van der Waals surface area contributed by atoms with E-state index in [9.17, 15) is 4.79 Å². The van der Waals surface area contributed by atoms with Crippen LogP contribution in [-0.2, 0) is 18.4 Å². The minimum absolute atomic E-state index is 0.00932. The Bertz CT molecular complexity index is 571. The fourth-order valence-corrected chi connectivity index (χ4v) is 5.19. The van der Waals surface area contributed by atoms with Crippen LogP contribution >= 0.6 is 0 Å². The standard InChI is InChI=1S/C24H48O4Si2/c1-14-16-20(27-29(10,11)23(4,5)6)17-18-22(25)26-19(3)21(15-2)28-30(12,13)24(7,8)9/h14-15,19-21H,1-2,16-18H2,3-13H3/t19-,20-,21-/m1/s1. The molecule has 0 aromatic carbocycles. The van der Waals surface area contributed by atoms with Crippen molar-refractivity contribution in [3.63, 3.8) is 0 Å². The van der Waals surface area contributed by atoms with Crippen LogP contribution in [0.1, 0.15) is 67.7 Å². The number of ether oxygens (including phenoxy) is 1. The van der Waals surface area contributed by atoms with E-state index in [2.05, 4.69) is 80.9 Å². The van der Waals surface area contributed by atoms with Crippen molar-refractivity contribution in [1.82, 2.24) is 0 Å². The van der Waals surface area contributed by atoms with E-state index in [1.54, 1.807) is 6.08 Å². The molecule has 0 aromatic heterocycles. The summed E-state index contributed by atoms with van der Waals surface area (Å²) in [6, 6.07) is 0. The Hall–Kier alpha value is -0.696. The molecule has 0 aliphatic carbocycles. The minimum atomic E-state index is -1.98. The van der Waals surface area contributed by atoms with E-state index >= 15 is 0 Å². The summed E-state index contributed by atoms with van der Waals surface area (Å²) in [5, 5.41) is 0.205. The highest BCUT2D eigenvalue weighted by Gasteiger charge is 2.41. The molecule has 0 rings (SSSR count). The molecule has 0 N–H and O–H groups in total.